The average molecular weight is 435 g/mol. The summed E-state index contributed by atoms with van der Waals surface area (Å²) in [4.78, 5) is 36.7. The fourth-order valence-electron chi connectivity index (χ4n) is 7.55. The molecule has 3 saturated carbocycles. The van der Waals surface area contributed by atoms with Gasteiger partial charge < -0.3 is 14.9 Å². The number of aliphatic hydroxyl groups is 2. The van der Waals surface area contributed by atoms with Crippen molar-refractivity contribution in [3.63, 3.8) is 0 Å². The number of hydrogen-bond donors (Lipinski definition) is 2. The third kappa shape index (κ3) is 2.59. The minimum absolute atomic E-state index is 0.0402. The van der Waals surface area contributed by atoms with Gasteiger partial charge in [-0.2, -0.15) is 0 Å². The predicted octanol–water partition coefficient (Wildman–Crippen LogP) is 2.47. The Morgan fingerprint density at radius 1 is 1.29 bits per heavy atom. The molecule has 0 spiro atoms. The first-order valence-electron chi connectivity index (χ1n) is 11.0. The maximum atomic E-state index is 17.5. The van der Waals surface area contributed by atoms with E-state index >= 15 is 4.39 Å². The third-order valence-corrected chi connectivity index (χ3v) is 9.08. The molecule has 0 aromatic heterocycles. The molecule has 0 aromatic rings. The Hall–Kier alpha value is -1.86. The number of alkyl halides is 1. The van der Waals surface area contributed by atoms with Crippen LogP contribution < -0.4 is 0 Å². The maximum Gasteiger partial charge on any atom is 0.303 e. The summed E-state index contributed by atoms with van der Waals surface area (Å²) in [5.41, 5.74) is -5.32. The van der Waals surface area contributed by atoms with E-state index < -0.39 is 58.4 Å². The van der Waals surface area contributed by atoms with E-state index in [-0.39, 0.29) is 18.1 Å². The molecule has 4 aliphatic rings. The number of rotatable bonds is 3. The number of halogens is 1. The lowest BCUT2D eigenvalue weighted by atomic mass is 9.44. The molecule has 0 amide bonds. The summed E-state index contributed by atoms with van der Waals surface area (Å²) >= 11 is 0. The number of fused-ring (bicyclic) bond motifs is 5. The molecule has 4 rings (SSSR count). The molecular weight excluding hydrogens is 403 g/mol. The highest BCUT2D eigenvalue weighted by atomic mass is 19.1. The molecule has 8 atom stereocenters. The number of ether oxygens (including phenoxy) is 1. The molecule has 31 heavy (non-hydrogen) atoms. The highest BCUT2D eigenvalue weighted by molar-refractivity contribution is 6.01. The van der Waals surface area contributed by atoms with Crippen LogP contribution in [-0.4, -0.2) is 51.7 Å². The second kappa shape index (κ2) is 6.82. The van der Waals surface area contributed by atoms with Crippen LogP contribution in [0.5, 0.6) is 0 Å². The molecule has 0 radical (unpaired) electrons. The average Bonchev–Trinajstić information content (AvgIpc) is 2.90. The first kappa shape index (κ1) is 22.3. The van der Waals surface area contributed by atoms with Crippen LogP contribution in [0.3, 0.4) is 0 Å². The van der Waals surface area contributed by atoms with Crippen LogP contribution in [0.2, 0.25) is 0 Å². The molecule has 0 aromatic carbocycles. The summed E-state index contributed by atoms with van der Waals surface area (Å²) in [6, 6.07) is 0. The highest BCUT2D eigenvalue weighted by Gasteiger charge is 2.76. The van der Waals surface area contributed by atoms with Crippen LogP contribution in [0.25, 0.3) is 0 Å². The van der Waals surface area contributed by atoms with Gasteiger partial charge in [-0.15, -0.1) is 0 Å². The Morgan fingerprint density at radius 2 is 1.97 bits per heavy atom. The zero-order chi connectivity index (χ0) is 23.0. The Bertz CT molecular complexity index is 910. The van der Waals surface area contributed by atoms with Gasteiger partial charge >= 0.3 is 5.97 Å². The molecule has 0 bridgehead atoms. The second-order valence-electron chi connectivity index (χ2n) is 10.3. The van der Waals surface area contributed by atoms with Gasteiger partial charge in [-0.25, -0.2) is 4.39 Å². The number of hydrogen-bond acceptors (Lipinski definition) is 6. The lowest BCUT2D eigenvalue weighted by Crippen LogP contribution is -2.70. The van der Waals surface area contributed by atoms with Gasteiger partial charge in [0.25, 0.3) is 0 Å². The topological polar surface area (TPSA) is 101 Å². The summed E-state index contributed by atoms with van der Waals surface area (Å²) in [5, 5.41) is 21.2. The molecule has 0 saturated heterocycles. The number of Topliss-reactive ketones (excluding diaryl/α,β-unsaturated/α-hetero) is 1. The molecule has 7 heteroatoms. The van der Waals surface area contributed by atoms with E-state index in [0.717, 1.165) is 0 Å². The zero-order valence-electron chi connectivity index (χ0n) is 18.5. The fraction of sp³-hybridized carbons (Fsp3) is 0.708. The van der Waals surface area contributed by atoms with Crippen molar-refractivity contribution in [3.05, 3.63) is 23.8 Å². The van der Waals surface area contributed by atoms with Crippen LogP contribution in [0.1, 0.15) is 53.4 Å². The van der Waals surface area contributed by atoms with Gasteiger partial charge in [-0.1, -0.05) is 25.5 Å². The minimum Gasteiger partial charge on any atom is -0.459 e. The van der Waals surface area contributed by atoms with E-state index in [1.54, 1.807) is 26.8 Å². The van der Waals surface area contributed by atoms with Gasteiger partial charge in [-0.05, 0) is 56.6 Å². The second-order valence-corrected chi connectivity index (χ2v) is 10.3. The van der Waals surface area contributed by atoms with E-state index in [1.807, 2.05) is 0 Å². The van der Waals surface area contributed by atoms with Crippen molar-refractivity contribution >= 4 is 17.5 Å². The van der Waals surface area contributed by atoms with Crippen LogP contribution in [0.15, 0.2) is 23.8 Å². The standard InChI is InChI=1S/C24H31FO6/c1-13-9-18-17-6-5-15-10-16(28)7-8-21(15,3)23(17,25)20(31-14(2)27)11-22(18,4)24(13,30)19(29)12-26/h7-8,10,13,17-18,20,26,30H,5-6,9,11-12H2,1-4H3/t13-,17+,18+,20+,21+,22+,23+,24+/m1/s1. The Balaban J connectivity index is 1.89. The highest BCUT2D eigenvalue weighted by Crippen LogP contribution is 2.71. The summed E-state index contributed by atoms with van der Waals surface area (Å²) in [7, 11) is 0. The summed E-state index contributed by atoms with van der Waals surface area (Å²) < 4.78 is 23.0. The van der Waals surface area contributed by atoms with E-state index in [1.165, 1.54) is 19.1 Å². The molecule has 6 nitrogen and oxygen atoms in total. The monoisotopic (exact) mass is 434 g/mol. The Labute approximate surface area is 181 Å². The van der Waals surface area contributed by atoms with Crippen LogP contribution in [0, 0.1) is 28.6 Å². The van der Waals surface area contributed by atoms with E-state index in [0.29, 0.717) is 24.8 Å². The van der Waals surface area contributed by atoms with Crippen LogP contribution >= 0.6 is 0 Å². The lowest BCUT2D eigenvalue weighted by Gasteiger charge is -2.63. The van der Waals surface area contributed by atoms with E-state index in [2.05, 4.69) is 0 Å². The smallest absolute Gasteiger partial charge is 0.303 e. The zero-order valence-corrected chi connectivity index (χ0v) is 18.5. The lowest BCUT2D eigenvalue weighted by molar-refractivity contribution is -0.229. The number of aliphatic hydroxyl groups excluding tert-OH is 1. The molecule has 0 heterocycles. The molecule has 170 valence electrons. The number of carbonyl (C=O) groups is 3. The quantitative estimate of drug-likeness (QED) is 0.662. The van der Waals surface area contributed by atoms with Gasteiger partial charge in [0.05, 0.1) is 0 Å². The first-order valence-corrected chi connectivity index (χ1v) is 11.0. The molecule has 0 unspecified atom stereocenters. The van der Waals surface area contributed by atoms with Crippen molar-refractivity contribution in [1.29, 1.82) is 0 Å². The summed E-state index contributed by atoms with van der Waals surface area (Å²) in [5.74, 6) is -2.90. The van der Waals surface area contributed by atoms with Crippen molar-refractivity contribution in [3.8, 4) is 0 Å². The van der Waals surface area contributed by atoms with Crippen molar-refractivity contribution in [2.24, 2.45) is 28.6 Å². The maximum absolute atomic E-state index is 17.5. The van der Waals surface area contributed by atoms with Crippen LogP contribution in [0.4, 0.5) is 4.39 Å². The van der Waals surface area contributed by atoms with Crippen molar-refractivity contribution in [1.82, 2.24) is 0 Å². The normalized spacial score (nSPS) is 48.4. The van der Waals surface area contributed by atoms with Crippen molar-refractivity contribution in [2.75, 3.05) is 6.61 Å². The largest absolute Gasteiger partial charge is 0.459 e. The Kier molecular flexibility index (Phi) is 4.91. The SMILES string of the molecule is CC(=O)O[C@H]1C[C@@]2(C)[C@@H](C[C@@H](C)[C@]2(O)C(=O)CO)[C@@H]2CCC3=CC(=O)C=C[C@]3(C)[C@@]12F. The first-order chi connectivity index (χ1) is 14.4. The van der Waals surface area contributed by atoms with Gasteiger partial charge in [0.15, 0.2) is 17.2 Å². The molecule has 2 N–H and O–H groups in total. The number of esters is 1. The van der Waals surface area contributed by atoms with Gasteiger partial charge in [-0.3, -0.25) is 14.4 Å². The number of ketones is 2. The third-order valence-electron chi connectivity index (χ3n) is 9.08. The van der Waals surface area contributed by atoms with E-state index in [4.69, 9.17) is 4.74 Å². The number of allylic oxidation sites excluding steroid dienone is 4. The van der Waals surface area contributed by atoms with Crippen molar-refractivity contribution < 1.29 is 33.7 Å². The fourth-order valence-corrected chi connectivity index (χ4v) is 7.55. The van der Waals surface area contributed by atoms with Gasteiger partial charge in [0.1, 0.15) is 18.3 Å². The molecule has 4 aliphatic carbocycles. The van der Waals surface area contributed by atoms with Crippen molar-refractivity contribution in [2.45, 2.75) is 70.8 Å². The van der Waals surface area contributed by atoms with Gasteiger partial charge in [0, 0.05) is 23.7 Å². The summed E-state index contributed by atoms with van der Waals surface area (Å²) in [6.45, 7) is 5.68. The van der Waals surface area contributed by atoms with Crippen LogP contribution in [-0.2, 0) is 19.1 Å². The minimum atomic E-state index is -1.99. The number of carbonyl (C=O) groups excluding carboxylic acids is 3. The Morgan fingerprint density at radius 3 is 2.58 bits per heavy atom. The molecular formula is C24H31FO6. The predicted molar refractivity (Wildman–Crippen MR) is 109 cm³/mol. The van der Waals surface area contributed by atoms with E-state index in [9.17, 15) is 24.6 Å². The molecule has 3 fully saturated rings. The summed E-state index contributed by atoms with van der Waals surface area (Å²) in [6.07, 6.45) is 4.58. The van der Waals surface area contributed by atoms with Gasteiger partial charge in [0.2, 0.25) is 0 Å². The molecule has 0 aliphatic heterocycles.